The van der Waals surface area contributed by atoms with E-state index in [1.807, 2.05) is 0 Å². The molecule has 0 amide bonds. The van der Waals surface area contributed by atoms with Gasteiger partial charge in [-0.3, -0.25) is 0 Å². The van der Waals surface area contributed by atoms with Gasteiger partial charge in [0.05, 0.1) is 0 Å². The van der Waals surface area contributed by atoms with Crippen LogP contribution in [0.25, 0.3) is 0 Å². The SMILES string of the molecule is Cc1c(N)ccc(Cc2ccccc2)c1N(C1CCCCC1)C1CCCCC1. The highest BCUT2D eigenvalue weighted by Crippen LogP contribution is 2.40. The Balaban J connectivity index is 1.76. The summed E-state index contributed by atoms with van der Waals surface area (Å²) in [5, 5.41) is 0. The van der Waals surface area contributed by atoms with Crippen molar-refractivity contribution >= 4 is 11.4 Å². The number of rotatable bonds is 5. The second-order valence-electron chi connectivity index (χ2n) is 8.94. The van der Waals surface area contributed by atoms with Crippen LogP contribution in [-0.2, 0) is 6.42 Å². The minimum absolute atomic E-state index is 0.687. The van der Waals surface area contributed by atoms with Gasteiger partial charge in [-0.1, -0.05) is 74.9 Å². The van der Waals surface area contributed by atoms with Crippen LogP contribution in [0.5, 0.6) is 0 Å². The fourth-order valence-electron chi connectivity index (χ4n) is 5.47. The molecule has 0 radical (unpaired) electrons. The van der Waals surface area contributed by atoms with Crippen molar-refractivity contribution in [3.63, 3.8) is 0 Å². The fourth-order valence-corrected chi connectivity index (χ4v) is 5.47. The number of nitrogens with zero attached hydrogens (tertiary/aromatic N) is 1. The largest absolute Gasteiger partial charge is 0.398 e. The maximum Gasteiger partial charge on any atom is 0.0457 e. The number of hydrogen-bond acceptors (Lipinski definition) is 2. The van der Waals surface area contributed by atoms with Crippen LogP contribution in [0.1, 0.15) is 80.9 Å². The summed E-state index contributed by atoms with van der Waals surface area (Å²) in [6.45, 7) is 2.25. The van der Waals surface area contributed by atoms with Crippen molar-refractivity contribution in [2.24, 2.45) is 0 Å². The molecular weight excluding hydrogens is 340 g/mol. The van der Waals surface area contributed by atoms with Crippen LogP contribution in [0.4, 0.5) is 11.4 Å². The van der Waals surface area contributed by atoms with Crippen molar-refractivity contribution < 1.29 is 0 Å². The lowest BCUT2D eigenvalue weighted by Crippen LogP contribution is -2.46. The van der Waals surface area contributed by atoms with Gasteiger partial charge < -0.3 is 10.6 Å². The number of anilines is 2. The Morgan fingerprint density at radius 2 is 1.36 bits per heavy atom. The zero-order valence-electron chi connectivity index (χ0n) is 17.5. The van der Waals surface area contributed by atoms with Crippen molar-refractivity contribution in [1.82, 2.24) is 0 Å². The third kappa shape index (κ3) is 4.21. The first-order valence-corrected chi connectivity index (χ1v) is 11.4. The first-order valence-electron chi connectivity index (χ1n) is 11.4. The third-order valence-electron chi connectivity index (χ3n) is 6.99. The van der Waals surface area contributed by atoms with Crippen molar-refractivity contribution in [1.29, 1.82) is 0 Å². The molecule has 2 heteroatoms. The normalized spacial score (nSPS) is 18.9. The fraction of sp³-hybridized carbons (Fsp3) is 0.538. The lowest BCUT2D eigenvalue weighted by Gasteiger charge is -2.45. The van der Waals surface area contributed by atoms with E-state index in [-0.39, 0.29) is 0 Å². The molecule has 2 aliphatic carbocycles. The summed E-state index contributed by atoms with van der Waals surface area (Å²) in [5.41, 5.74) is 13.0. The molecule has 0 bridgehead atoms. The van der Waals surface area contributed by atoms with Crippen LogP contribution < -0.4 is 10.6 Å². The average Bonchev–Trinajstić information content (AvgIpc) is 2.75. The van der Waals surface area contributed by atoms with E-state index in [1.165, 1.54) is 86.6 Å². The number of hydrogen-bond donors (Lipinski definition) is 1. The summed E-state index contributed by atoms with van der Waals surface area (Å²) in [6.07, 6.45) is 14.7. The van der Waals surface area contributed by atoms with E-state index < -0.39 is 0 Å². The minimum atomic E-state index is 0.687. The molecular formula is C26H36N2. The summed E-state index contributed by atoms with van der Waals surface area (Å²) in [5.74, 6) is 0. The molecule has 28 heavy (non-hydrogen) atoms. The molecule has 0 saturated heterocycles. The van der Waals surface area contributed by atoms with Crippen molar-refractivity contribution in [2.75, 3.05) is 10.6 Å². The Hall–Kier alpha value is -1.96. The van der Waals surface area contributed by atoms with Gasteiger partial charge in [-0.15, -0.1) is 0 Å². The van der Waals surface area contributed by atoms with Crippen LogP contribution in [-0.4, -0.2) is 12.1 Å². The molecule has 0 spiro atoms. The summed E-state index contributed by atoms with van der Waals surface area (Å²) < 4.78 is 0. The third-order valence-corrected chi connectivity index (χ3v) is 6.99. The highest BCUT2D eigenvalue weighted by Gasteiger charge is 2.31. The quantitative estimate of drug-likeness (QED) is 0.593. The summed E-state index contributed by atoms with van der Waals surface area (Å²) in [7, 11) is 0. The van der Waals surface area contributed by atoms with Gasteiger partial charge >= 0.3 is 0 Å². The van der Waals surface area contributed by atoms with Crippen LogP contribution in [0, 0.1) is 6.92 Å². The first-order chi connectivity index (χ1) is 13.7. The smallest absolute Gasteiger partial charge is 0.0457 e. The van der Waals surface area contributed by atoms with Gasteiger partial charge in [0.1, 0.15) is 0 Å². The van der Waals surface area contributed by atoms with E-state index >= 15 is 0 Å². The maximum atomic E-state index is 6.45. The zero-order valence-corrected chi connectivity index (χ0v) is 17.5. The molecule has 0 heterocycles. The van der Waals surface area contributed by atoms with E-state index in [9.17, 15) is 0 Å². The van der Waals surface area contributed by atoms with Gasteiger partial charge in [0.2, 0.25) is 0 Å². The standard InChI is InChI=1S/C26H36N2/c1-20-25(27)18-17-22(19-21-11-5-2-6-12-21)26(20)28(23-13-7-3-8-14-23)24-15-9-4-10-16-24/h2,5-6,11-12,17-18,23-24H,3-4,7-10,13-16,19,27H2,1H3. The van der Waals surface area contributed by atoms with Gasteiger partial charge in [0.25, 0.3) is 0 Å². The van der Waals surface area contributed by atoms with Gasteiger partial charge in [0.15, 0.2) is 0 Å². The molecule has 2 fully saturated rings. The van der Waals surface area contributed by atoms with E-state index in [4.69, 9.17) is 5.73 Å². The first kappa shape index (κ1) is 19.4. The van der Waals surface area contributed by atoms with Gasteiger partial charge in [-0.2, -0.15) is 0 Å². The van der Waals surface area contributed by atoms with Crippen LogP contribution in [0.3, 0.4) is 0 Å². The topological polar surface area (TPSA) is 29.3 Å². The molecule has 2 saturated carbocycles. The highest BCUT2D eigenvalue weighted by molar-refractivity contribution is 5.70. The predicted molar refractivity (Wildman–Crippen MR) is 121 cm³/mol. The zero-order chi connectivity index (χ0) is 19.3. The molecule has 2 nitrogen and oxygen atoms in total. The van der Waals surface area contributed by atoms with Gasteiger partial charge in [-0.25, -0.2) is 0 Å². The van der Waals surface area contributed by atoms with Crippen molar-refractivity contribution in [2.45, 2.75) is 89.6 Å². The van der Waals surface area contributed by atoms with E-state index in [0.717, 1.165) is 12.1 Å². The molecule has 0 unspecified atom stereocenters. The second-order valence-corrected chi connectivity index (χ2v) is 8.94. The molecule has 2 aromatic rings. The van der Waals surface area contributed by atoms with E-state index in [2.05, 4.69) is 54.3 Å². The predicted octanol–water partition coefficient (Wildman–Crippen LogP) is 6.64. The lowest BCUT2D eigenvalue weighted by atomic mass is 9.86. The van der Waals surface area contributed by atoms with Crippen molar-refractivity contribution in [3.05, 3.63) is 59.2 Å². The molecule has 2 N–H and O–H groups in total. The number of nitrogens with two attached hydrogens (primary N) is 1. The molecule has 0 aliphatic heterocycles. The molecule has 0 atom stereocenters. The highest BCUT2D eigenvalue weighted by atomic mass is 15.2. The van der Waals surface area contributed by atoms with Gasteiger partial charge in [0, 0.05) is 23.5 Å². The molecule has 2 aliphatic rings. The summed E-state index contributed by atoms with van der Waals surface area (Å²) in [4.78, 5) is 2.86. The minimum Gasteiger partial charge on any atom is -0.398 e. The molecule has 150 valence electrons. The number of benzene rings is 2. The molecule has 0 aromatic heterocycles. The Bertz CT molecular complexity index is 738. The Morgan fingerprint density at radius 3 is 1.93 bits per heavy atom. The Kier molecular flexibility index (Phi) is 6.24. The van der Waals surface area contributed by atoms with Crippen LogP contribution in [0.15, 0.2) is 42.5 Å². The van der Waals surface area contributed by atoms with Crippen LogP contribution >= 0.6 is 0 Å². The number of nitrogen functional groups attached to an aromatic ring is 1. The monoisotopic (exact) mass is 376 g/mol. The Morgan fingerprint density at radius 1 is 0.786 bits per heavy atom. The maximum absolute atomic E-state index is 6.45. The van der Waals surface area contributed by atoms with E-state index in [1.54, 1.807) is 0 Å². The lowest BCUT2D eigenvalue weighted by molar-refractivity contribution is 0.339. The molecule has 2 aromatic carbocycles. The summed E-state index contributed by atoms with van der Waals surface area (Å²) >= 11 is 0. The average molecular weight is 377 g/mol. The van der Waals surface area contributed by atoms with E-state index in [0.29, 0.717) is 12.1 Å². The molecule has 4 rings (SSSR count). The van der Waals surface area contributed by atoms with Crippen molar-refractivity contribution in [3.8, 4) is 0 Å². The Labute approximate surface area is 171 Å². The summed E-state index contributed by atoms with van der Waals surface area (Å²) in [6, 6.07) is 16.7. The van der Waals surface area contributed by atoms with Crippen LogP contribution in [0.2, 0.25) is 0 Å². The van der Waals surface area contributed by atoms with Gasteiger partial charge in [-0.05, 0) is 61.8 Å². The second kappa shape index (κ2) is 9.03.